The Morgan fingerprint density at radius 2 is 2.36 bits per heavy atom. The van der Waals surface area contributed by atoms with Gasteiger partial charge in [0.25, 0.3) is 0 Å². The average molecular weight is 154 g/mol. The van der Waals surface area contributed by atoms with E-state index in [0.717, 1.165) is 12.8 Å². The van der Waals surface area contributed by atoms with Gasteiger partial charge in [0.2, 0.25) is 0 Å². The van der Waals surface area contributed by atoms with Gasteiger partial charge >= 0.3 is 5.97 Å². The van der Waals surface area contributed by atoms with Gasteiger partial charge in [-0.05, 0) is 32.3 Å². The van der Waals surface area contributed by atoms with E-state index in [1.54, 1.807) is 0 Å². The topological polar surface area (TPSA) is 26.3 Å². The summed E-state index contributed by atoms with van der Waals surface area (Å²) in [6, 6.07) is 0. The minimum Gasteiger partial charge on any atom is -0.455 e. The molecule has 0 amide bonds. The van der Waals surface area contributed by atoms with E-state index in [-0.39, 0.29) is 11.6 Å². The zero-order chi connectivity index (χ0) is 8.48. The van der Waals surface area contributed by atoms with Crippen molar-refractivity contribution in [3.8, 4) is 0 Å². The van der Waals surface area contributed by atoms with Crippen molar-refractivity contribution < 1.29 is 9.53 Å². The average Bonchev–Trinajstić information content (AvgIpc) is 2.11. The van der Waals surface area contributed by atoms with E-state index in [2.05, 4.69) is 6.08 Å². The van der Waals surface area contributed by atoms with Crippen molar-refractivity contribution in [3.05, 3.63) is 11.6 Å². The van der Waals surface area contributed by atoms with E-state index in [1.165, 1.54) is 12.5 Å². The van der Waals surface area contributed by atoms with Crippen molar-refractivity contribution in [2.45, 2.75) is 39.2 Å². The fourth-order valence-corrected chi connectivity index (χ4v) is 1.43. The first-order valence-corrected chi connectivity index (χ1v) is 3.91. The van der Waals surface area contributed by atoms with Gasteiger partial charge in [-0.15, -0.1) is 0 Å². The first-order valence-electron chi connectivity index (χ1n) is 3.91. The Labute approximate surface area is 67.2 Å². The van der Waals surface area contributed by atoms with Gasteiger partial charge in [0.1, 0.15) is 5.60 Å². The third-order valence-electron chi connectivity index (χ3n) is 2.28. The Kier molecular flexibility index (Phi) is 2.03. The van der Waals surface area contributed by atoms with Crippen LogP contribution in [0, 0.1) is 0 Å². The second-order valence-electron chi connectivity index (χ2n) is 3.25. The van der Waals surface area contributed by atoms with Crippen molar-refractivity contribution in [1.82, 2.24) is 0 Å². The largest absolute Gasteiger partial charge is 0.455 e. The molecule has 1 rings (SSSR count). The lowest BCUT2D eigenvalue weighted by molar-refractivity contribution is -0.151. The highest BCUT2D eigenvalue weighted by Crippen LogP contribution is 2.32. The van der Waals surface area contributed by atoms with Crippen LogP contribution in [0.4, 0.5) is 0 Å². The van der Waals surface area contributed by atoms with E-state index in [4.69, 9.17) is 4.74 Å². The molecular weight excluding hydrogens is 140 g/mol. The van der Waals surface area contributed by atoms with Crippen molar-refractivity contribution >= 4 is 5.97 Å². The van der Waals surface area contributed by atoms with Crippen LogP contribution in [0.15, 0.2) is 11.6 Å². The summed E-state index contributed by atoms with van der Waals surface area (Å²) in [5, 5.41) is 0. The van der Waals surface area contributed by atoms with Gasteiger partial charge in [-0.3, -0.25) is 4.79 Å². The Balaban J connectivity index is 2.67. The summed E-state index contributed by atoms with van der Waals surface area (Å²) in [6.45, 7) is 5.43. The summed E-state index contributed by atoms with van der Waals surface area (Å²) in [4.78, 5) is 10.7. The molecule has 1 aliphatic rings. The number of esters is 1. The summed E-state index contributed by atoms with van der Waals surface area (Å²) in [5.41, 5.74) is 0.860. The molecule has 0 N–H and O–H groups in total. The van der Waals surface area contributed by atoms with Crippen LogP contribution in [0.25, 0.3) is 0 Å². The van der Waals surface area contributed by atoms with E-state index < -0.39 is 0 Å². The van der Waals surface area contributed by atoms with E-state index in [9.17, 15) is 4.79 Å². The Morgan fingerprint density at radius 3 is 2.73 bits per heavy atom. The maximum atomic E-state index is 10.7. The van der Waals surface area contributed by atoms with E-state index >= 15 is 0 Å². The molecule has 0 aromatic rings. The molecule has 0 fully saturated rings. The number of allylic oxidation sites excluding steroid dienone is 1. The second-order valence-corrected chi connectivity index (χ2v) is 3.25. The van der Waals surface area contributed by atoms with Gasteiger partial charge in [-0.1, -0.05) is 6.08 Å². The lowest BCUT2D eigenvalue weighted by atomic mass is 9.99. The Bertz CT molecular complexity index is 206. The lowest BCUT2D eigenvalue weighted by Crippen LogP contribution is -2.29. The van der Waals surface area contributed by atoms with Crippen LogP contribution in [0.1, 0.15) is 33.6 Å². The summed E-state index contributed by atoms with van der Waals surface area (Å²) in [6.07, 6.45) is 4.08. The SMILES string of the molecule is CC(=O)OC1(C)CCC=C1C. The molecule has 0 radical (unpaired) electrons. The van der Waals surface area contributed by atoms with Crippen LogP contribution in [0.3, 0.4) is 0 Å². The van der Waals surface area contributed by atoms with Crippen LogP contribution < -0.4 is 0 Å². The molecule has 1 unspecified atom stereocenters. The smallest absolute Gasteiger partial charge is 0.303 e. The molecule has 0 aromatic heterocycles. The molecular formula is C9H14O2. The molecule has 0 saturated carbocycles. The quantitative estimate of drug-likeness (QED) is 0.427. The Hall–Kier alpha value is -0.790. The molecule has 1 aliphatic carbocycles. The van der Waals surface area contributed by atoms with Gasteiger partial charge < -0.3 is 4.74 Å². The number of rotatable bonds is 1. The number of carbonyl (C=O) groups excluding carboxylic acids is 1. The number of ether oxygens (including phenoxy) is 1. The molecule has 0 spiro atoms. The normalized spacial score (nSPS) is 29.9. The number of carbonyl (C=O) groups is 1. The molecule has 0 aliphatic heterocycles. The maximum Gasteiger partial charge on any atom is 0.303 e. The van der Waals surface area contributed by atoms with Crippen LogP contribution in [0.5, 0.6) is 0 Å². The minimum atomic E-state index is -0.314. The fraction of sp³-hybridized carbons (Fsp3) is 0.667. The highest BCUT2D eigenvalue weighted by Gasteiger charge is 2.32. The lowest BCUT2D eigenvalue weighted by Gasteiger charge is -2.25. The number of hydrogen-bond acceptors (Lipinski definition) is 2. The summed E-state index contributed by atoms with van der Waals surface area (Å²) in [7, 11) is 0. The van der Waals surface area contributed by atoms with Crippen molar-refractivity contribution in [3.63, 3.8) is 0 Å². The minimum absolute atomic E-state index is 0.192. The zero-order valence-electron chi connectivity index (χ0n) is 7.31. The van der Waals surface area contributed by atoms with Crippen LogP contribution in [-0.2, 0) is 9.53 Å². The molecule has 0 saturated heterocycles. The highest BCUT2D eigenvalue weighted by molar-refractivity contribution is 5.67. The molecule has 0 heterocycles. The van der Waals surface area contributed by atoms with Crippen LogP contribution in [0.2, 0.25) is 0 Å². The number of hydrogen-bond donors (Lipinski definition) is 0. The Morgan fingerprint density at radius 1 is 1.73 bits per heavy atom. The fourth-order valence-electron chi connectivity index (χ4n) is 1.43. The molecule has 62 valence electrons. The van der Waals surface area contributed by atoms with Crippen LogP contribution in [-0.4, -0.2) is 11.6 Å². The predicted octanol–water partition coefficient (Wildman–Crippen LogP) is 2.05. The first-order chi connectivity index (χ1) is 5.04. The molecule has 2 nitrogen and oxygen atoms in total. The van der Waals surface area contributed by atoms with Crippen molar-refractivity contribution in [1.29, 1.82) is 0 Å². The van der Waals surface area contributed by atoms with Gasteiger partial charge in [0, 0.05) is 6.92 Å². The zero-order valence-corrected chi connectivity index (χ0v) is 7.31. The molecule has 0 bridgehead atoms. The first kappa shape index (κ1) is 8.31. The van der Waals surface area contributed by atoms with Crippen molar-refractivity contribution in [2.75, 3.05) is 0 Å². The van der Waals surface area contributed by atoms with E-state index in [0.29, 0.717) is 0 Å². The van der Waals surface area contributed by atoms with Crippen LogP contribution >= 0.6 is 0 Å². The molecule has 2 heteroatoms. The summed E-state index contributed by atoms with van der Waals surface area (Å²) in [5.74, 6) is -0.192. The van der Waals surface area contributed by atoms with Gasteiger partial charge in [-0.2, -0.15) is 0 Å². The third kappa shape index (κ3) is 1.62. The summed E-state index contributed by atoms with van der Waals surface area (Å²) >= 11 is 0. The van der Waals surface area contributed by atoms with Gasteiger partial charge in [0.05, 0.1) is 0 Å². The third-order valence-corrected chi connectivity index (χ3v) is 2.28. The predicted molar refractivity (Wildman–Crippen MR) is 43.2 cm³/mol. The maximum absolute atomic E-state index is 10.7. The monoisotopic (exact) mass is 154 g/mol. The van der Waals surface area contributed by atoms with Crippen molar-refractivity contribution in [2.24, 2.45) is 0 Å². The molecule has 11 heavy (non-hydrogen) atoms. The standard InChI is InChI=1S/C9H14O2/c1-7-5-4-6-9(7,3)11-8(2)10/h5H,4,6H2,1-3H3. The molecule has 0 aromatic carbocycles. The van der Waals surface area contributed by atoms with E-state index in [1.807, 2.05) is 13.8 Å². The highest BCUT2D eigenvalue weighted by atomic mass is 16.6. The summed E-state index contributed by atoms with van der Waals surface area (Å²) < 4.78 is 5.20. The molecule has 1 atom stereocenters. The second kappa shape index (κ2) is 2.68. The van der Waals surface area contributed by atoms with Gasteiger partial charge in [-0.25, -0.2) is 0 Å². The van der Waals surface area contributed by atoms with Gasteiger partial charge in [0.15, 0.2) is 0 Å².